The maximum Gasteiger partial charge on any atom is 0.174 e. The Kier molecular flexibility index (Phi) is 6.61. The smallest absolute Gasteiger partial charge is 0.174 e. The molecule has 1 aliphatic heterocycles. The van der Waals surface area contributed by atoms with Crippen molar-refractivity contribution in [1.82, 2.24) is 14.9 Å². The van der Waals surface area contributed by atoms with Gasteiger partial charge in [-0.25, -0.2) is 0 Å². The molecule has 1 aliphatic rings. The largest absolute Gasteiger partial charge is 0.495 e. The number of nitrogens with one attached hydrogen (secondary N) is 1. The number of methoxy groups -OCH3 is 1. The third kappa shape index (κ3) is 4.45. The quantitative estimate of drug-likeness (QED) is 0.306. The Morgan fingerprint density at radius 2 is 1.83 bits per heavy atom. The summed E-state index contributed by atoms with van der Waals surface area (Å²) in [4.78, 5) is 6.74. The molecule has 1 fully saturated rings. The predicted molar refractivity (Wildman–Crippen MR) is 143 cm³/mol. The molecule has 6 nitrogen and oxygen atoms in total. The molecule has 0 bridgehead atoms. The van der Waals surface area contributed by atoms with E-state index in [1.54, 1.807) is 13.3 Å². The highest BCUT2D eigenvalue weighted by atomic mass is 35.5. The highest BCUT2D eigenvalue weighted by Crippen LogP contribution is 2.43. The number of anilines is 1. The maximum absolute atomic E-state index is 6.50. The Labute approximate surface area is 215 Å². The van der Waals surface area contributed by atoms with Crippen LogP contribution in [-0.2, 0) is 0 Å². The molecule has 8 heteroatoms. The average Bonchev–Trinajstić information content (AvgIpc) is 3.49. The Morgan fingerprint density at radius 3 is 2.51 bits per heavy atom. The van der Waals surface area contributed by atoms with Gasteiger partial charge in [0.05, 0.1) is 30.5 Å². The van der Waals surface area contributed by atoms with Gasteiger partial charge in [0.2, 0.25) is 0 Å². The number of benzene rings is 2. The molecule has 2 atom stereocenters. The molecule has 0 radical (unpaired) electrons. The Morgan fingerprint density at radius 1 is 1.03 bits per heavy atom. The van der Waals surface area contributed by atoms with Crippen LogP contribution in [0.4, 0.5) is 5.69 Å². The number of ether oxygens (including phenoxy) is 2. The zero-order valence-corrected chi connectivity index (χ0v) is 21.0. The topological polar surface area (TPSA) is 51.5 Å². The number of thiocarbonyl (C=S) groups is 1. The first kappa shape index (κ1) is 23.2. The molecule has 35 heavy (non-hydrogen) atoms. The molecular weight excluding hydrogens is 480 g/mol. The van der Waals surface area contributed by atoms with Crippen molar-refractivity contribution in [1.29, 1.82) is 0 Å². The Balaban J connectivity index is 1.62. The van der Waals surface area contributed by atoms with Gasteiger partial charge < -0.3 is 24.3 Å². The van der Waals surface area contributed by atoms with Crippen LogP contribution in [0.1, 0.15) is 30.4 Å². The first-order chi connectivity index (χ1) is 17.1. The van der Waals surface area contributed by atoms with Crippen molar-refractivity contribution in [2.75, 3.05) is 18.6 Å². The van der Waals surface area contributed by atoms with Gasteiger partial charge in [-0.2, -0.15) is 0 Å². The lowest BCUT2D eigenvalue weighted by atomic mass is 10.0. The lowest BCUT2D eigenvalue weighted by Crippen LogP contribution is -2.30. The van der Waals surface area contributed by atoms with Gasteiger partial charge in [-0.15, -0.1) is 0 Å². The summed E-state index contributed by atoms with van der Waals surface area (Å²) in [7, 11) is 1.60. The van der Waals surface area contributed by atoms with Crippen LogP contribution in [0, 0.1) is 0 Å². The predicted octanol–water partition coefficient (Wildman–Crippen LogP) is 6.11. The molecule has 0 amide bonds. The van der Waals surface area contributed by atoms with E-state index in [9.17, 15) is 0 Å². The van der Waals surface area contributed by atoms with E-state index in [1.165, 1.54) is 0 Å². The van der Waals surface area contributed by atoms with Gasteiger partial charge in [0.15, 0.2) is 5.11 Å². The standard InChI is InChI=1S/C27H25ClN4O2S/c1-3-34-20-12-9-18(10-13-20)31-16-6-8-23(31)26-25(22-7-4-5-15-29-22)30-27(35)32(26)19-11-14-24(33-2)21(28)17-19/h4-17,25-26H,3H2,1-2H3,(H,30,35)/t25-,26-/m1/s1. The van der Waals surface area contributed by atoms with E-state index in [-0.39, 0.29) is 12.1 Å². The van der Waals surface area contributed by atoms with Crippen molar-refractivity contribution in [2.24, 2.45) is 0 Å². The first-order valence-corrected chi connectivity index (χ1v) is 12.1. The lowest BCUT2D eigenvalue weighted by Gasteiger charge is -2.29. The normalized spacial score (nSPS) is 17.3. The SMILES string of the molecule is CCOc1ccc(-n2cccc2[C@@H]2[C@@H](c3ccccn3)NC(=S)N2c2ccc(OC)c(Cl)c2)cc1. The van der Waals surface area contributed by atoms with Gasteiger partial charge in [-0.05, 0) is 85.9 Å². The van der Waals surface area contributed by atoms with Crippen molar-refractivity contribution in [3.8, 4) is 17.2 Å². The zero-order chi connectivity index (χ0) is 24.4. The summed E-state index contributed by atoms with van der Waals surface area (Å²) in [6.45, 7) is 2.61. The molecule has 5 rings (SSSR count). The number of pyridine rings is 1. The van der Waals surface area contributed by atoms with Crippen molar-refractivity contribution < 1.29 is 9.47 Å². The number of halogens is 1. The molecule has 1 N–H and O–H groups in total. The summed E-state index contributed by atoms with van der Waals surface area (Å²) in [6.07, 6.45) is 3.86. The van der Waals surface area contributed by atoms with Gasteiger partial charge in [0.25, 0.3) is 0 Å². The van der Waals surface area contributed by atoms with Gasteiger partial charge in [-0.1, -0.05) is 17.7 Å². The molecule has 3 heterocycles. The highest BCUT2D eigenvalue weighted by Gasteiger charge is 2.42. The fourth-order valence-electron chi connectivity index (χ4n) is 4.48. The number of nitrogens with zero attached hydrogens (tertiary/aromatic N) is 3. The Hall–Kier alpha value is -3.55. The third-order valence-corrected chi connectivity index (χ3v) is 6.63. The maximum atomic E-state index is 6.50. The first-order valence-electron chi connectivity index (χ1n) is 11.4. The van der Waals surface area contributed by atoms with Gasteiger partial charge in [-0.3, -0.25) is 4.98 Å². The van der Waals surface area contributed by atoms with E-state index >= 15 is 0 Å². The second-order valence-corrected chi connectivity index (χ2v) is 8.84. The summed E-state index contributed by atoms with van der Waals surface area (Å²) < 4.78 is 13.2. The van der Waals surface area contributed by atoms with Crippen LogP contribution in [-0.4, -0.2) is 28.4 Å². The lowest BCUT2D eigenvalue weighted by molar-refractivity contribution is 0.340. The zero-order valence-electron chi connectivity index (χ0n) is 19.4. The van der Waals surface area contributed by atoms with E-state index in [0.29, 0.717) is 22.5 Å². The highest BCUT2D eigenvalue weighted by molar-refractivity contribution is 7.80. The second-order valence-electron chi connectivity index (χ2n) is 8.05. The van der Waals surface area contributed by atoms with Crippen molar-refractivity contribution >= 4 is 34.6 Å². The summed E-state index contributed by atoms with van der Waals surface area (Å²) in [5.74, 6) is 1.46. The van der Waals surface area contributed by atoms with Crippen LogP contribution >= 0.6 is 23.8 Å². The summed E-state index contributed by atoms with van der Waals surface area (Å²) in [5, 5.41) is 4.62. The van der Waals surface area contributed by atoms with E-state index < -0.39 is 0 Å². The Bertz CT molecular complexity index is 1330. The molecule has 0 unspecified atom stereocenters. The fourth-order valence-corrected chi connectivity index (χ4v) is 5.08. The monoisotopic (exact) mass is 504 g/mol. The molecule has 0 spiro atoms. The summed E-state index contributed by atoms with van der Waals surface area (Å²) >= 11 is 12.4. The molecule has 2 aromatic heterocycles. The number of hydrogen-bond acceptors (Lipinski definition) is 4. The van der Waals surface area contributed by atoms with Crippen molar-refractivity contribution in [3.63, 3.8) is 0 Å². The third-order valence-electron chi connectivity index (χ3n) is 6.02. The average molecular weight is 505 g/mol. The molecule has 0 aliphatic carbocycles. The van der Waals surface area contributed by atoms with E-state index in [0.717, 1.165) is 28.5 Å². The van der Waals surface area contributed by atoms with Gasteiger partial charge in [0, 0.05) is 29.5 Å². The van der Waals surface area contributed by atoms with Crippen LogP contribution in [0.5, 0.6) is 11.5 Å². The molecule has 4 aromatic rings. The number of rotatable bonds is 7. The number of hydrogen-bond donors (Lipinski definition) is 1. The molecule has 178 valence electrons. The van der Waals surface area contributed by atoms with Gasteiger partial charge >= 0.3 is 0 Å². The minimum absolute atomic E-state index is 0.166. The number of aromatic nitrogens is 2. The second kappa shape index (κ2) is 9.98. The van der Waals surface area contributed by atoms with Crippen molar-refractivity contribution in [3.05, 3.63) is 102 Å². The summed E-state index contributed by atoms with van der Waals surface area (Å²) in [6, 6.07) is 23.5. The minimum Gasteiger partial charge on any atom is -0.495 e. The van der Waals surface area contributed by atoms with E-state index in [1.807, 2.05) is 61.5 Å². The molecular formula is C27H25ClN4O2S. The molecule has 2 aromatic carbocycles. The van der Waals surface area contributed by atoms with Gasteiger partial charge in [0.1, 0.15) is 17.5 Å². The van der Waals surface area contributed by atoms with Crippen LogP contribution in [0.2, 0.25) is 5.02 Å². The van der Waals surface area contributed by atoms with Crippen LogP contribution in [0.25, 0.3) is 5.69 Å². The minimum atomic E-state index is -0.177. The van der Waals surface area contributed by atoms with Crippen LogP contribution in [0.3, 0.4) is 0 Å². The molecule has 1 saturated heterocycles. The van der Waals surface area contributed by atoms with Crippen molar-refractivity contribution in [2.45, 2.75) is 19.0 Å². The molecule has 0 saturated carbocycles. The van der Waals surface area contributed by atoms with Crippen LogP contribution in [0.15, 0.2) is 85.2 Å². The fraction of sp³-hybridized carbons (Fsp3) is 0.185. The summed E-state index contributed by atoms with van der Waals surface area (Å²) in [5.41, 5.74) is 3.86. The van der Waals surface area contributed by atoms with E-state index in [4.69, 9.17) is 33.3 Å². The van der Waals surface area contributed by atoms with E-state index in [2.05, 4.69) is 44.2 Å². The van der Waals surface area contributed by atoms with Crippen LogP contribution < -0.4 is 19.7 Å².